The van der Waals surface area contributed by atoms with E-state index in [1.165, 1.54) is 26.2 Å². The molecule has 0 spiro atoms. The van der Waals surface area contributed by atoms with E-state index in [2.05, 4.69) is 5.32 Å². The Labute approximate surface area is 126 Å². The van der Waals surface area contributed by atoms with Crippen LogP contribution < -0.4 is 11.1 Å². The fourth-order valence-corrected chi connectivity index (χ4v) is 2.51. The Kier molecular flexibility index (Phi) is 5.14. The fraction of sp³-hybridized carbons (Fsp3) is 0.500. The van der Waals surface area contributed by atoms with Crippen LogP contribution >= 0.6 is 0 Å². The topological polar surface area (TPSA) is 92.5 Å². The molecular formula is C14H23N3O3S. The number of carbonyl (C=O) groups is 1. The van der Waals surface area contributed by atoms with Crippen molar-refractivity contribution in [3.8, 4) is 0 Å². The van der Waals surface area contributed by atoms with Crippen molar-refractivity contribution in [2.45, 2.75) is 31.7 Å². The van der Waals surface area contributed by atoms with E-state index in [-0.39, 0.29) is 16.2 Å². The molecule has 0 aromatic heterocycles. The first-order valence-corrected chi connectivity index (χ1v) is 7.99. The highest BCUT2D eigenvalue weighted by Gasteiger charge is 2.27. The molecule has 0 saturated carbocycles. The highest BCUT2D eigenvalue weighted by Crippen LogP contribution is 2.21. The Morgan fingerprint density at radius 2 is 1.86 bits per heavy atom. The Balaban J connectivity index is 3.01. The van der Waals surface area contributed by atoms with Crippen molar-refractivity contribution < 1.29 is 13.2 Å². The first-order chi connectivity index (χ1) is 9.46. The molecule has 0 bridgehead atoms. The number of nitrogens with zero attached hydrogens (tertiary/aromatic N) is 1. The van der Waals surface area contributed by atoms with Gasteiger partial charge >= 0.3 is 0 Å². The van der Waals surface area contributed by atoms with Crippen molar-refractivity contribution in [1.29, 1.82) is 0 Å². The second-order valence-electron chi connectivity index (χ2n) is 6.15. The molecule has 0 aliphatic heterocycles. The normalized spacial score (nSPS) is 14.0. The minimum atomic E-state index is -3.53. The standard InChI is InChI=1S/C14H23N3O3S/c1-14(2,3)12(15)13(18)16-10-7-6-8-11(9-10)21(19,20)17(4)5/h6-9,12H,15H2,1-5H3,(H,16,18)/t12-/m0/s1. The van der Waals surface area contributed by atoms with Crippen LogP contribution in [0.1, 0.15) is 20.8 Å². The minimum Gasteiger partial charge on any atom is -0.325 e. The number of anilines is 1. The molecule has 1 amide bonds. The number of hydrogen-bond acceptors (Lipinski definition) is 4. The SMILES string of the molecule is CN(C)S(=O)(=O)c1cccc(NC(=O)[C@H](N)C(C)(C)C)c1. The summed E-state index contributed by atoms with van der Waals surface area (Å²) in [6.45, 7) is 5.60. The second kappa shape index (κ2) is 6.13. The van der Waals surface area contributed by atoms with E-state index >= 15 is 0 Å². The lowest BCUT2D eigenvalue weighted by molar-refractivity contribution is -0.119. The number of nitrogens with one attached hydrogen (secondary N) is 1. The van der Waals surface area contributed by atoms with Gasteiger partial charge < -0.3 is 11.1 Å². The number of nitrogens with two attached hydrogens (primary N) is 1. The largest absolute Gasteiger partial charge is 0.325 e. The van der Waals surface area contributed by atoms with Crippen LogP contribution in [0, 0.1) is 5.41 Å². The molecule has 1 atom stereocenters. The van der Waals surface area contributed by atoms with Gasteiger partial charge in [0.1, 0.15) is 0 Å². The van der Waals surface area contributed by atoms with Gasteiger partial charge in [0.05, 0.1) is 10.9 Å². The molecule has 0 fully saturated rings. The predicted octanol–water partition coefficient (Wildman–Crippen LogP) is 1.25. The molecular weight excluding hydrogens is 290 g/mol. The van der Waals surface area contributed by atoms with E-state index in [0.717, 1.165) is 4.31 Å². The van der Waals surface area contributed by atoms with Gasteiger partial charge in [-0.1, -0.05) is 26.8 Å². The molecule has 7 heteroatoms. The van der Waals surface area contributed by atoms with Crippen molar-refractivity contribution in [3.63, 3.8) is 0 Å². The smallest absolute Gasteiger partial charge is 0.242 e. The highest BCUT2D eigenvalue weighted by atomic mass is 32.2. The van der Waals surface area contributed by atoms with Crippen molar-refractivity contribution in [2.75, 3.05) is 19.4 Å². The monoisotopic (exact) mass is 313 g/mol. The molecule has 118 valence electrons. The van der Waals surface area contributed by atoms with E-state index in [1.54, 1.807) is 12.1 Å². The summed E-state index contributed by atoms with van der Waals surface area (Å²) in [5.74, 6) is -0.345. The maximum absolute atomic E-state index is 12.1. The quantitative estimate of drug-likeness (QED) is 0.875. The summed E-state index contributed by atoms with van der Waals surface area (Å²) < 4.78 is 25.2. The summed E-state index contributed by atoms with van der Waals surface area (Å²) >= 11 is 0. The van der Waals surface area contributed by atoms with E-state index in [9.17, 15) is 13.2 Å². The van der Waals surface area contributed by atoms with Gasteiger partial charge in [-0.25, -0.2) is 12.7 Å². The van der Waals surface area contributed by atoms with Crippen LogP contribution in [0.2, 0.25) is 0 Å². The zero-order chi connectivity index (χ0) is 16.4. The lowest BCUT2D eigenvalue weighted by Crippen LogP contribution is -2.45. The average Bonchev–Trinajstić information content (AvgIpc) is 2.36. The number of benzene rings is 1. The molecule has 0 unspecified atom stereocenters. The first-order valence-electron chi connectivity index (χ1n) is 6.55. The van der Waals surface area contributed by atoms with Gasteiger partial charge in [-0.2, -0.15) is 0 Å². The zero-order valence-corrected chi connectivity index (χ0v) is 13.9. The number of sulfonamides is 1. The number of amides is 1. The summed E-state index contributed by atoms with van der Waals surface area (Å²) in [5, 5.41) is 2.65. The number of hydrogen-bond donors (Lipinski definition) is 2. The van der Waals surface area contributed by atoms with Gasteiger partial charge in [-0.05, 0) is 23.6 Å². The average molecular weight is 313 g/mol. The van der Waals surface area contributed by atoms with E-state index in [1.807, 2.05) is 20.8 Å². The van der Waals surface area contributed by atoms with Crippen LogP contribution in [0.3, 0.4) is 0 Å². The number of rotatable bonds is 4. The van der Waals surface area contributed by atoms with E-state index < -0.39 is 16.1 Å². The molecule has 3 N–H and O–H groups in total. The van der Waals surface area contributed by atoms with Gasteiger partial charge in [0.2, 0.25) is 15.9 Å². The van der Waals surface area contributed by atoms with E-state index in [4.69, 9.17) is 5.73 Å². The molecule has 21 heavy (non-hydrogen) atoms. The molecule has 0 heterocycles. The minimum absolute atomic E-state index is 0.120. The van der Waals surface area contributed by atoms with Crippen molar-refractivity contribution >= 4 is 21.6 Å². The van der Waals surface area contributed by atoms with Crippen LogP contribution in [0.25, 0.3) is 0 Å². The lowest BCUT2D eigenvalue weighted by Gasteiger charge is -2.25. The first kappa shape index (κ1) is 17.6. The predicted molar refractivity (Wildman–Crippen MR) is 83.4 cm³/mol. The third-order valence-corrected chi connectivity index (χ3v) is 4.91. The molecule has 1 aromatic rings. The summed E-state index contributed by atoms with van der Waals surface area (Å²) in [6.07, 6.45) is 0. The van der Waals surface area contributed by atoms with Gasteiger partial charge in [0.25, 0.3) is 0 Å². The van der Waals surface area contributed by atoms with Crippen molar-refractivity contribution in [3.05, 3.63) is 24.3 Å². The van der Waals surface area contributed by atoms with Crippen LogP contribution in [0.4, 0.5) is 5.69 Å². The summed E-state index contributed by atoms with van der Waals surface area (Å²) in [5.41, 5.74) is 5.90. The van der Waals surface area contributed by atoms with Crippen molar-refractivity contribution in [1.82, 2.24) is 4.31 Å². The van der Waals surface area contributed by atoms with Gasteiger partial charge in [0, 0.05) is 19.8 Å². The van der Waals surface area contributed by atoms with Gasteiger partial charge in [-0.3, -0.25) is 4.79 Å². The van der Waals surface area contributed by atoms with Crippen LogP contribution in [-0.4, -0.2) is 38.8 Å². The van der Waals surface area contributed by atoms with Gasteiger partial charge in [-0.15, -0.1) is 0 Å². The Morgan fingerprint density at radius 3 is 2.33 bits per heavy atom. The summed E-state index contributed by atoms with van der Waals surface area (Å²) in [4.78, 5) is 12.2. The molecule has 0 saturated heterocycles. The molecule has 0 aliphatic carbocycles. The van der Waals surface area contributed by atoms with Crippen LogP contribution in [0.15, 0.2) is 29.2 Å². The van der Waals surface area contributed by atoms with Crippen LogP contribution in [0.5, 0.6) is 0 Å². The third-order valence-electron chi connectivity index (χ3n) is 3.10. The summed E-state index contributed by atoms with van der Waals surface area (Å²) in [7, 11) is -0.624. The van der Waals surface area contributed by atoms with Crippen LogP contribution in [-0.2, 0) is 14.8 Å². The second-order valence-corrected chi connectivity index (χ2v) is 8.30. The fourth-order valence-electron chi connectivity index (χ4n) is 1.56. The Hall–Kier alpha value is -1.44. The van der Waals surface area contributed by atoms with E-state index in [0.29, 0.717) is 5.69 Å². The molecule has 1 aromatic carbocycles. The summed E-state index contributed by atoms with van der Waals surface area (Å²) in [6, 6.07) is 5.42. The third kappa shape index (κ3) is 4.26. The number of carbonyl (C=O) groups excluding carboxylic acids is 1. The molecule has 0 aliphatic rings. The maximum Gasteiger partial charge on any atom is 0.242 e. The lowest BCUT2D eigenvalue weighted by atomic mass is 9.87. The van der Waals surface area contributed by atoms with Crippen molar-refractivity contribution in [2.24, 2.45) is 11.1 Å². The zero-order valence-electron chi connectivity index (χ0n) is 13.0. The molecule has 0 radical (unpaired) electrons. The van der Waals surface area contributed by atoms with Gasteiger partial charge in [0.15, 0.2) is 0 Å². The maximum atomic E-state index is 12.1. The Bertz CT molecular complexity index is 619. The molecule has 6 nitrogen and oxygen atoms in total. The molecule has 1 rings (SSSR count). The Morgan fingerprint density at radius 1 is 1.29 bits per heavy atom. The highest BCUT2D eigenvalue weighted by molar-refractivity contribution is 7.89.